The van der Waals surface area contributed by atoms with Crippen LogP contribution in [0.15, 0.2) is 0 Å². The number of hydrogen-bond donors (Lipinski definition) is 2. The minimum atomic E-state index is -0.742. The lowest BCUT2D eigenvalue weighted by Gasteiger charge is -2.44. The fraction of sp³-hybridized carbons (Fsp3) is 0.778. The molecule has 1 rings (SSSR count). The maximum atomic E-state index is 11.0. The van der Waals surface area contributed by atoms with Gasteiger partial charge in [-0.2, -0.15) is 11.8 Å². The third-order valence-corrected chi connectivity index (χ3v) is 3.40. The van der Waals surface area contributed by atoms with E-state index in [0.717, 1.165) is 0 Å². The van der Waals surface area contributed by atoms with Crippen LogP contribution < -0.4 is 5.32 Å². The van der Waals surface area contributed by atoms with E-state index in [0.29, 0.717) is 18.6 Å². The standard InChI is InChI=1S/C9H15NO3S/c1-6(11)10-7-3-9(4-7,5-14-2)8(12)13/h7H,3-5H2,1-2H3,(H,10,11)(H,12,13). The van der Waals surface area contributed by atoms with Crippen molar-refractivity contribution in [1.29, 1.82) is 0 Å². The lowest BCUT2D eigenvalue weighted by molar-refractivity contribution is -0.154. The Kier molecular flexibility index (Phi) is 3.42. The van der Waals surface area contributed by atoms with Crippen molar-refractivity contribution in [2.24, 2.45) is 5.41 Å². The van der Waals surface area contributed by atoms with E-state index in [-0.39, 0.29) is 11.9 Å². The summed E-state index contributed by atoms with van der Waals surface area (Å²) < 4.78 is 0. The number of carboxylic acid groups (broad SMARTS) is 1. The Morgan fingerprint density at radius 3 is 2.50 bits per heavy atom. The van der Waals surface area contributed by atoms with Crippen molar-refractivity contribution < 1.29 is 14.7 Å². The largest absolute Gasteiger partial charge is 0.481 e. The highest BCUT2D eigenvalue weighted by atomic mass is 32.2. The van der Waals surface area contributed by atoms with Crippen molar-refractivity contribution in [2.75, 3.05) is 12.0 Å². The van der Waals surface area contributed by atoms with E-state index in [2.05, 4.69) is 5.32 Å². The molecule has 0 bridgehead atoms. The van der Waals surface area contributed by atoms with E-state index in [9.17, 15) is 9.59 Å². The fourth-order valence-corrected chi connectivity index (χ4v) is 2.82. The minimum Gasteiger partial charge on any atom is -0.481 e. The molecule has 14 heavy (non-hydrogen) atoms. The molecule has 0 unspecified atom stereocenters. The SMILES string of the molecule is CSCC1(C(=O)O)CC(NC(C)=O)C1. The van der Waals surface area contributed by atoms with Gasteiger partial charge in [-0.1, -0.05) is 0 Å². The van der Waals surface area contributed by atoms with Crippen molar-refractivity contribution in [1.82, 2.24) is 5.32 Å². The van der Waals surface area contributed by atoms with E-state index < -0.39 is 11.4 Å². The summed E-state index contributed by atoms with van der Waals surface area (Å²) in [5.41, 5.74) is -0.605. The molecule has 1 aliphatic rings. The van der Waals surface area contributed by atoms with E-state index in [1.54, 1.807) is 11.8 Å². The molecule has 0 radical (unpaired) electrons. The summed E-state index contributed by atoms with van der Waals surface area (Å²) in [4.78, 5) is 21.7. The maximum absolute atomic E-state index is 11.0. The van der Waals surface area contributed by atoms with Gasteiger partial charge in [0.2, 0.25) is 5.91 Å². The lowest BCUT2D eigenvalue weighted by atomic mass is 9.66. The van der Waals surface area contributed by atoms with Gasteiger partial charge in [0.1, 0.15) is 0 Å². The first-order valence-corrected chi connectivity index (χ1v) is 5.89. The summed E-state index contributed by atoms with van der Waals surface area (Å²) in [7, 11) is 0. The summed E-state index contributed by atoms with van der Waals surface area (Å²) in [6, 6.07) is 0.0516. The second kappa shape index (κ2) is 4.21. The van der Waals surface area contributed by atoms with Gasteiger partial charge < -0.3 is 10.4 Å². The monoisotopic (exact) mass is 217 g/mol. The van der Waals surface area contributed by atoms with Crippen LogP contribution in [0.3, 0.4) is 0 Å². The minimum absolute atomic E-state index is 0.0516. The van der Waals surface area contributed by atoms with Gasteiger partial charge >= 0.3 is 5.97 Å². The second-order valence-corrected chi connectivity index (χ2v) is 4.69. The number of carbonyl (C=O) groups is 2. The molecule has 0 aromatic rings. The maximum Gasteiger partial charge on any atom is 0.310 e. The van der Waals surface area contributed by atoms with E-state index in [1.165, 1.54) is 6.92 Å². The van der Waals surface area contributed by atoms with Crippen LogP contribution >= 0.6 is 11.8 Å². The van der Waals surface area contributed by atoms with Crippen LogP contribution in [0.25, 0.3) is 0 Å². The molecule has 5 heteroatoms. The summed E-state index contributed by atoms with van der Waals surface area (Å²) >= 11 is 1.54. The summed E-state index contributed by atoms with van der Waals surface area (Å²) in [5, 5.41) is 11.8. The molecular weight excluding hydrogens is 202 g/mol. The van der Waals surface area contributed by atoms with Gasteiger partial charge in [0.05, 0.1) is 5.41 Å². The van der Waals surface area contributed by atoms with Crippen molar-refractivity contribution in [2.45, 2.75) is 25.8 Å². The number of hydrogen-bond acceptors (Lipinski definition) is 3. The van der Waals surface area contributed by atoms with Crippen molar-refractivity contribution >= 4 is 23.6 Å². The van der Waals surface area contributed by atoms with Crippen molar-refractivity contribution in [3.05, 3.63) is 0 Å². The van der Waals surface area contributed by atoms with Gasteiger partial charge in [0.25, 0.3) is 0 Å². The zero-order valence-electron chi connectivity index (χ0n) is 8.37. The van der Waals surface area contributed by atoms with Crippen LogP contribution in [0.4, 0.5) is 0 Å². The summed E-state index contributed by atoms with van der Waals surface area (Å²) in [5.74, 6) is -0.204. The topological polar surface area (TPSA) is 66.4 Å². The van der Waals surface area contributed by atoms with Crippen LogP contribution in [-0.4, -0.2) is 35.0 Å². The molecule has 0 heterocycles. The predicted octanol–water partition coefficient (Wildman–Crippen LogP) is 0.719. The van der Waals surface area contributed by atoms with Crippen molar-refractivity contribution in [3.63, 3.8) is 0 Å². The second-order valence-electron chi connectivity index (χ2n) is 3.82. The quantitative estimate of drug-likeness (QED) is 0.728. The zero-order valence-corrected chi connectivity index (χ0v) is 9.19. The van der Waals surface area contributed by atoms with Crippen LogP contribution in [0, 0.1) is 5.41 Å². The number of aliphatic carboxylic acids is 1. The van der Waals surface area contributed by atoms with Gasteiger partial charge in [-0.05, 0) is 19.1 Å². The third kappa shape index (κ3) is 2.20. The molecule has 0 spiro atoms. The molecule has 1 amide bonds. The molecule has 0 atom stereocenters. The van der Waals surface area contributed by atoms with Gasteiger partial charge in [0.15, 0.2) is 0 Å². The Bertz CT molecular complexity index is 248. The highest BCUT2D eigenvalue weighted by Crippen LogP contribution is 2.43. The van der Waals surface area contributed by atoms with E-state index in [1.807, 2.05) is 6.26 Å². The predicted molar refractivity (Wildman–Crippen MR) is 55.3 cm³/mol. The molecular formula is C9H15NO3S. The molecule has 80 valence electrons. The molecule has 1 aliphatic carbocycles. The molecule has 0 saturated heterocycles. The first-order valence-electron chi connectivity index (χ1n) is 4.49. The normalized spacial score (nSPS) is 30.6. The van der Waals surface area contributed by atoms with Crippen LogP contribution in [0.5, 0.6) is 0 Å². The van der Waals surface area contributed by atoms with Crippen LogP contribution in [-0.2, 0) is 9.59 Å². The molecule has 1 fully saturated rings. The molecule has 0 aromatic heterocycles. The molecule has 1 saturated carbocycles. The molecule has 2 N–H and O–H groups in total. The first-order chi connectivity index (χ1) is 6.50. The average molecular weight is 217 g/mol. The van der Waals surface area contributed by atoms with Gasteiger partial charge in [-0.25, -0.2) is 0 Å². The Morgan fingerprint density at radius 1 is 1.57 bits per heavy atom. The first kappa shape index (κ1) is 11.4. The van der Waals surface area contributed by atoms with E-state index in [4.69, 9.17) is 5.11 Å². The van der Waals surface area contributed by atoms with Crippen LogP contribution in [0.1, 0.15) is 19.8 Å². The van der Waals surface area contributed by atoms with E-state index >= 15 is 0 Å². The van der Waals surface area contributed by atoms with Gasteiger partial charge in [-0.15, -0.1) is 0 Å². The number of carbonyl (C=O) groups excluding carboxylic acids is 1. The van der Waals surface area contributed by atoms with Gasteiger partial charge in [-0.3, -0.25) is 9.59 Å². The number of carboxylic acids is 1. The number of amides is 1. The van der Waals surface area contributed by atoms with Gasteiger partial charge in [0, 0.05) is 18.7 Å². The highest BCUT2D eigenvalue weighted by Gasteiger charge is 2.50. The Labute approximate surface area is 87.4 Å². The smallest absolute Gasteiger partial charge is 0.310 e. The zero-order chi connectivity index (χ0) is 10.8. The number of thioether (sulfide) groups is 1. The summed E-state index contributed by atoms with van der Waals surface area (Å²) in [6.45, 7) is 1.45. The number of nitrogens with one attached hydrogen (secondary N) is 1. The average Bonchev–Trinajstić information content (AvgIpc) is 1.98. The van der Waals surface area contributed by atoms with Crippen molar-refractivity contribution in [3.8, 4) is 0 Å². The number of rotatable bonds is 4. The highest BCUT2D eigenvalue weighted by molar-refractivity contribution is 7.98. The fourth-order valence-electron chi connectivity index (χ4n) is 1.90. The third-order valence-electron chi connectivity index (χ3n) is 2.56. The molecule has 0 aromatic carbocycles. The Morgan fingerprint density at radius 2 is 2.14 bits per heavy atom. The lowest BCUT2D eigenvalue weighted by Crippen LogP contribution is -2.55. The van der Waals surface area contributed by atoms with Crippen LogP contribution in [0.2, 0.25) is 0 Å². The Balaban J connectivity index is 2.47. The Hall–Kier alpha value is -0.710. The summed E-state index contributed by atoms with van der Waals surface area (Å²) in [6.07, 6.45) is 3.02. The molecule has 4 nitrogen and oxygen atoms in total. The molecule has 0 aliphatic heterocycles.